The van der Waals surface area contributed by atoms with Crippen LogP contribution in [-0.2, 0) is 0 Å². The van der Waals surface area contributed by atoms with Gasteiger partial charge in [0.1, 0.15) is 11.4 Å². The summed E-state index contributed by atoms with van der Waals surface area (Å²) in [5.74, 6) is 2.63. The summed E-state index contributed by atoms with van der Waals surface area (Å²) in [5.41, 5.74) is 2.65. The molecule has 186 valence electrons. The van der Waals surface area contributed by atoms with Gasteiger partial charge in [0.2, 0.25) is 0 Å². The molecule has 6 rings (SSSR count). The van der Waals surface area contributed by atoms with Gasteiger partial charge < -0.3 is 9.32 Å². The molecule has 6 heteroatoms. The van der Waals surface area contributed by atoms with E-state index < -0.39 is 0 Å². The Balaban J connectivity index is 0.949. The van der Waals surface area contributed by atoms with Gasteiger partial charge in [-0.3, -0.25) is 14.7 Å². The van der Waals surface area contributed by atoms with Crippen LogP contribution in [0.15, 0.2) is 65.5 Å². The third-order valence-corrected chi connectivity index (χ3v) is 8.27. The minimum Gasteiger partial charge on any atom is -0.464 e. The van der Waals surface area contributed by atoms with Crippen molar-refractivity contribution in [2.45, 2.75) is 38.5 Å². The van der Waals surface area contributed by atoms with Gasteiger partial charge in [-0.1, -0.05) is 31.0 Å². The Morgan fingerprint density at radius 3 is 2.50 bits per heavy atom. The lowest BCUT2D eigenvalue weighted by Gasteiger charge is -2.36. The number of carbonyl (C=O) groups is 1. The molecule has 1 saturated heterocycles. The smallest absolute Gasteiger partial charge is 0.163 e. The molecule has 6 nitrogen and oxygen atoms in total. The van der Waals surface area contributed by atoms with Gasteiger partial charge in [0.25, 0.3) is 0 Å². The van der Waals surface area contributed by atoms with Crippen LogP contribution < -0.4 is 4.90 Å². The molecule has 0 N–H and O–H groups in total. The molecule has 1 aliphatic carbocycles. The average Bonchev–Trinajstić information content (AvgIpc) is 3.42. The lowest BCUT2D eigenvalue weighted by molar-refractivity contribution is 0.0941. The first-order chi connectivity index (χ1) is 17.7. The first kappa shape index (κ1) is 23.2. The zero-order valence-electron chi connectivity index (χ0n) is 20.8. The Hall–Kier alpha value is -3.25. The van der Waals surface area contributed by atoms with Crippen molar-refractivity contribution in [2.75, 3.05) is 37.6 Å². The third kappa shape index (κ3) is 4.87. The van der Waals surface area contributed by atoms with Gasteiger partial charge in [-0.25, -0.2) is 4.98 Å². The number of ketones is 1. The topological polar surface area (TPSA) is 62.5 Å². The highest BCUT2D eigenvalue weighted by Crippen LogP contribution is 2.34. The van der Waals surface area contributed by atoms with Gasteiger partial charge in [0.05, 0.1) is 17.2 Å². The van der Waals surface area contributed by atoms with Crippen molar-refractivity contribution in [1.82, 2.24) is 14.9 Å². The first-order valence-corrected chi connectivity index (χ1v) is 13.4. The molecule has 1 aliphatic heterocycles. The molecule has 4 aromatic rings. The summed E-state index contributed by atoms with van der Waals surface area (Å²) >= 11 is 0. The number of piperazine rings is 1. The number of rotatable bonds is 7. The van der Waals surface area contributed by atoms with E-state index in [0.29, 0.717) is 12.3 Å². The molecule has 0 unspecified atom stereocenters. The second-order valence-electron chi connectivity index (χ2n) is 10.5. The Kier molecular flexibility index (Phi) is 6.69. The molecular weight excluding hydrogens is 448 g/mol. The van der Waals surface area contributed by atoms with Crippen molar-refractivity contribution >= 4 is 33.5 Å². The number of Topliss-reactive ketones (excluding diaryl/α,β-unsaturated/α-hetero) is 1. The van der Waals surface area contributed by atoms with Crippen LogP contribution in [0.1, 0.15) is 48.9 Å². The van der Waals surface area contributed by atoms with Crippen molar-refractivity contribution in [3.05, 3.63) is 66.7 Å². The minimum absolute atomic E-state index is 0.274. The second kappa shape index (κ2) is 10.4. The van der Waals surface area contributed by atoms with Crippen LogP contribution in [0.4, 0.5) is 5.82 Å². The fraction of sp³-hybridized carbons (Fsp3) is 0.433. The van der Waals surface area contributed by atoms with Gasteiger partial charge in [0, 0.05) is 55.9 Å². The molecule has 0 atom stereocenters. The molecule has 2 fully saturated rings. The molecule has 1 saturated carbocycles. The van der Waals surface area contributed by atoms with Crippen LogP contribution in [-0.4, -0.2) is 53.4 Å². The summed E-state index contributed by atoms with van der Waals surface area (Å²) < 4.78 is 5.55. The number of aromatic nitrogens is 2. The summed E-state index contributed by atoms with van der Waals surface area (Å²) in [6.45, 7) is 5.36. The first-order valence-electron chi connectivity index (χ1n) is 13.4. The van der Waals surface area contributed by atoms with Gasteiger partial charge in [-0.05, 0) is 61.9 Å². The number of nitrogens with zero attached hydrogens (tertiary/aromatic N) is 4. The number of carbonyl (C=O) groups excluding carboxylic acids is 1. The van der Waals surface area contributed by atoms with Gasteiger partial charge in [-0.2, -0.15) is 0 Å². The van der Waals surface area contributed by atoms with E-state index in [-0.39, 0.29) is 5.78 Å². The van der Waals surface area contributed by atoms with Gasteiger partial charge in [-0.15, -0.1) is 0 Å². The number of anilines is 1. The number of benzene rings is 1. The fourth-order valence-corrected chi connectivity index (χ4v) is 6.12. The van der Waals surface area contributed by atoms with E-state index in [9.17, 15) is 4.79 Å². The van der Waals surface area contributed by atoms with E-state index in [2.05, 4.69) is 19.8 Å². The van der Waals surface area contributed by atoms with Crippen molar-refractivity contribution < 1.29 is 9.21 Å². The molecule has 0 spiro atoms. The number of para-hydroxylation sites is 1. The van der Waals surface area contributed by atoms with E-state index in [4.69, 9.17) is 4.42 Å². The molecule has 4 heterocycles. The zero-order valence-corrected chi connectivity index (χ0v) is 20.8. The van der Waals surface area contributed by atoms with Crippen molar-refractivity contribution in [3.63, 3.8) is 0 Å². The lowest BCUT2D eigenvalue weighted by atomic mass is 9.78. The Morgan fingerprint density at radius 2 is 1.64 bits per heavy atom. The largest absolute Gasteiger partial charge is 0.464 e. The molecular formula is C30H34N4O2. The second-order valence-corrected chi connectivity index (χ2v) is 10.5. The number of hydrogen-bond acceptors (Lipinski definition) is 6. The number of hydrogen-bond donors (Lipinski definition) is 0. The Labute approximate surface area is 212 Å². The summed E-state index contributed by atoms with van der Waals surface area (Å²) in [6.07, 6.45) is 12.1. The lowest BCUT2D eigenvalue weighted by Crippen LogP contribution is -2.47. The summed E-state index contributed by atoms with van der Waals surface area (Å²) in [4.78, 5) is 27.1. The van der Waals surface area contributed by atoms with Crippen LogP contribution in [0.25, 0.3) is 21.9 Å². The van der Waals surface area contributed by atoms with Crippen LogP contribution in [0.2, 0.25) is 0 Å². The summed E-state index contributed by atoms with van der Waals surface area (Å²) in [6, 6.07) is 13.8. The minimum atomic E-state index is 0.274. The standard InChI is InChI=1S/C30H34N4O2/c35-28(25-9-13-31-27-4-2-1-3-24(25)27)21-23-7-5-22(6-8-23)11-15-33-16-18-34(19-17-33)30-26-12-20-36-29(26)10-14-32-30/h1-4,9-10,12-14,20,22-23H,5-8,11,15-19,21H2. The van der Waals surface area contributed by atoms with Gasteiger partial charge in [0.15, 0.2) is 5.78 Å². The van der Waals surface area contributed by atoms with E-state index >= 15 is 0 Å². The normalized spacial score (nSPS) is 21.3. The van der Waals surface area contributed by atoms with Crippen LogP contribution >= 0.6 is 0 Å². The molecule has 3 aromatic heterocycles. The maximum atomic E-state index is 13.1. The molecule has 0 radical (unpaired) electrons. The Morgan fingerprint density at radius 1 is 0.861 bits per heavy atom. The molecule has 0 amide bonds. The zero-order chi connectivity index (χ0) is 24.3. The number of fused-ring (bicyclic) bond motifs is 2. The maximum Gasteiger partial charge on any atom is 0.163 e. The van der Waals surface area contributed by atoms with Crippen LogP contribution in [0, 0.1) is 11.8 Å². The molecule has 1 aromatic carbocycles. The highest BCUT2D eigenvalue weighted by Gasteiger charge is 2.26. The number of furan rings is 1. The van der Waals surface area contributed by atoms with Crippen LogP contribution in [0.5, 0.6) is 0 Å². The predicted octanol–water partition coefficient (Wildman–Crippen LogP) is 5.97. The Bertz CT molecular complexity index is 1330. The average molecular weight is 483 g/mol. The van der Waals surface area contributed by atoms with Crippen molar-refractivity contribution in [1.29, 1.82) is 0 Å². The summed E-state index contributed by atoms with van der Waals surface area (Å²) in [5, 5.41) is 2.09. The number of pyridine rings is 2. The SMILES string of the molecule is O=C(CC1CCC(CCN2CCN(c3nccc4occc34)CC2)CC1)c1ccnc2ccccc12. The predicted molar refractivity (Wildman–Crippen MR) is 143 cm³/mol. The molecule has 2 aliphatic rings. The monoisotopic (exact) mass is 482 g/mol. The van der Waals surface area contributed by atoms with E-state index in [1.54, 1.807) is 12.5 Å². The highest BCUT2D eigenvalue weighted by atomic mass is 16.3. The third-order valence-electron chi connectivity index (χ3n) is 8.27. The quantitative estimate of drug-likeness (QED) is 0.303. The molecule has 0 bridgehead atoms. The van der Waals surface area contributed by atoms with E-state index in [1.165, 1.54) is 38.6 Å². The highest BCUT2D eigenvalue weighted by molar-refractivity contribution is 6.07. The van der Waals surface area contributed by atoms with Crippen molar-refractivity contribution in [2.24, 2.45) is 11.8 Å². The van der Waals surface area contributed by atoms with E-state index in [1.807, 2.05) is 48.7 Å². The van der Waals surface area contributed by atoms with Crippen LogP contribution in [0.3, 0.4) is 0 Å². The summed E-state index contributed by atoms with van der Waals surface area (Å²) in [7, 11) is 0. The van der Waals surface area contributed by atoms with Crippen molar-refractivity contribution in [3.8, 4) is 0 Å². The molecule has 36 heavy (non-hydrogen) atoms. The van der Waals surface area contributed by atoms with Gasteiger partial charge >= 0.3 is 0 Å². The maximum absolute atomic E-state index is 13.1. The van der Waals surface area contributed by atoms with E-state index in [0.717, 1.165) is 65.4 Å². The fourth-order valence-electron chi connectivity index (χ4n) is 6.12.